The van der Waals surface area contributed by atoms with Crippen LogP contribution in [-0.2, 0) is 0 Å². The number of rotatable bonds is 3. The van der Waals surface area contributed by atoms with E-state index in [1.54, 1.807) is 12.1 Å². The molecule has 2 N–H and O–H groups in total. The normalized spacial score (nSPS) is 18.4. The molecule has 0 saturated carbocycles. The van der Waals surface area contributed by atoms with Crippen molar-refractivity contribution in [3.63, 3.8) is 0 Å². The molecule has 1 saturated heterocycles. The third kappa shape index (κ3) is 2.72. The molecule has 0 amide bonds. The van der Waals surface area contributed by atoms with Gasteiger partial charge >= 0.3 is 0 Å². The molecule has 2 rings (SSSR count). The number of aryl methyl sites for hydroxylation is 1. The van der Waals surface area contributed by atoms with Crippen molar-refractivity contribution in [2.75, 3.05) is 18.4 Å². The molecule has 0 unspecified atom stereocenters. The first-order chi connectivity index (χ1) is 8.51. The Morgan fingerprint density at radius 1 is 1.39 bits per heavy atom. The van der Waals surface area contributed by atoms with Gasteiger partial charge in [-0.1, -0.05) is 19.6 Å². The highest BCUT2D eigenvalue weighted by atomic mass is 19.1. The minimum absolute atomic E-state index is 0.0442. The van der Waals surface area contributed by atoms with Crippen LogP contribution in [0.5, 0.6) is 0 Å². The summed E-state index contributed by atoms with van der Waals surface area (Å²) in [6.45, 7) is 10.2. The number of nitrogens with one attached hydrogen (secondary N) is 2. The molecule has 2 nitrogen and oxygen atoms in total. The number of piperidine rings is 1. The molecule has 1 aliphatic heterocycles. The fraction of sp³-hybridized carbons (Fsp3) is 0.467. The van der Waals surface area contributed by atoms with Gasteiger partial charge < -0.3 is 10.6 Å². The van der Waals surface area contributed by atoms with Crippen LogP contribution in [0.25, 0.3) is 0 Å². The van der Waals surface area contributed by atoms with Crippen LogP contribution < -0.4 is 10.6 Å². The second kappa shape index (κ2) is 5.11. The van der Waals surface area contributed by atoms with Crippen molar-refractivity contribution >= 4 is 5.69 Å². The molecule has 0 spiro atoms. The summed E-state index contributed by atoms with van der Waals surface area (Å²) in [6, 6.07) is 5.23. The van der Waals surface area contributed by atoms with Crippen LogP contribution in [0.15, 0.2) is 30.5 Å². The van der Waals surface area contributed by atoms with Gasteiger partial charge in [0.15, 0.2) is 0 Å². The fourth-order valence-corrected chi connectivity index (χ4v) is 2.32. The standard InChI is InChI=1S/C15H21FN2/c1-11-4-5-14(13(16)10-11)18-12(2)15(3)6-8-17-9-7-15/h4-5,10,17-18H,2,6-9H2,1,3H3. The summed E-state index contributed by atoms with van der Waals surface area (Å²) in [6.07, 6.45) is 2.07. The lowest BCUT2D eigenvalue weighted by molar-refractivity contribution is 0.284. The van der Waals surface area contributed by atoms with Crippen molar-refractivity contribution < 1.29 is 4.39 Å². The minimum Gasteiger partial charge on any atom is -0.357 e. The van der Waals surface area contributed by atoms with Gasteiger partial charge in [0.1, 0.15) is 5.82 Å². The molecule has 0 atom stereocenters. The third-order valence-corrected chi connectivity index (χ3v) is 3.85. The molecular weight excluding hydrogens is 227 g/mol. The van der Waals surface area contributed by atoms with E-state index in [1.807, 2.05) is 13.0 Å². The zero-order chi connectivity index (χ0) is 13.2. The Kier molecular flexibility index (Phi) is 3.71. The third-order valence-electron chi connectivity index (χ3n) is 3.85. The average Bonchev–Trinajstić information content (AvgIpc) is 2.33. The first-order valence-corrected chi connectivity index (χ1v) is 6.44. The Labute approximate surface area is 108 Å². The number of allylic oxidation sites excluding steroid dienone is 1. The summed E-state index contributed by atoms with van der Waals surface area (Å²) >= 11 is 0. The molecule has 1 aromatic rings. The number of halogens is 1. The second-order valence-electron chi connectivity index (χ2n) is 5.40. The van der Waals surface area contributed by atoms with Gasteiger partial charge in [-0.3, -0.25) is 0 Å². The van der Waals surface area contributed by atoms with Crippen LogP contribution in [0.4, 0.5) is 10.1 Å². The van der Waals surface area contributed by atoms with Gasteiger partial charge in [-0.25, -0.2) is 4.39 Å². The summed E-state index contributed by atoms with van der Waals surface area (Å²) in [4.78, 5) is 0. The van der Waals surface area contributed by atoms with Crippen molar-refractivity contribution in [2.45, 2.75) is 26.7 Å². The van der Waals surface area contributed by atoms with Crippen molar-refractivity contribution in [2.24, 2.45) is 5.41 Å². The number of hydrogen-bond acceptors (Lipinski definition) is 2. The van der Waals surface area contributed by atoms with Crippen LogP contribution in [0.2, 0.25) is 0 Å². The number of hydrogen-bond donors (Lipinski definition) is 2. The molecular formula is C15H21FN2. The Bertz CT molecular complexity index is 448. The van der Waals surface area contributed by atoms with Gasteiger partial charge in [-0.15, -0.1) is 0 Å². The predicted octanol–water partition coefficient (Wildman–Crippen LogP) is 3.45. The maximum absolute atomic E-state index is 13.8. The average molecular weight is 248 g/mol. The highest BCUT2D eigenvalue weighted by Gasteiger charge is 2.30. The Morgan fingerprint density at radius 3 is 2.67 bits per heavy atom. The SMILES string of the molecule is C=C(Nc1ccc(C)cc1F)C1(C)CCNCC1. The van der Waals surface area contributed by atoms with Crippen molar-refractivity contribution in [3.05, 3.63) is 41.9 Å². The topological polar surface area (TPSA) is 24.1 Å². The van der Waals surface area contributed by atoms with Crippen LogP contribution in [0.3, 0.4) is 0 Å². The highest BCUT2D eigenvalue weighted by molar-refractivity contribution is 5.51. The lowest BCUT2D eigenvalue weighted by Crippen LogP contribution is -2.37. The van der Waals surface area contributed by atoms with Crippen LogP contribution >= 0.6 is 0 Å². The summed E-state index contributed by atoms with van der Waals surface area (Å²) in [7, 11) is 0. The van der Waals surface area contributed by atoms with Crippen molar-refractivity contribution in [3.8, 4) is 0 Å². The van der Waals surface area contributed by atoms with E-state index in [1.165, 1.54) is 0 Å². The zero-order valence-electron chi connectivity index (χ0n) is 11.1. The van der Waals surface area contributed by atoms with E-state index < -0.39 is 0 Å². The quantitative estimate of drug-likeness (QED) is 0.856. The van der Waals surface area contributed by atoms with Gasteiger partial charge in [-0.2, -0.15) is 0 Å². The first kappa shape index (κ1) is 13.1. The van der Waals surface area contributed by atoms with Gasteiger partial charge in [0.05, 0.1) is 5.69 Å². The van der Waals surface area contributed by atoms with Gasteiger partial charge in [0.25, 0.3) is 0 Å². The summed E-state index contributed by atoms with van der Waals surface area (Å²) < 4.78 is 13.8. The van der Waals surface area contributed by atoms with Gasteiger partial charge in [0.2, 0.25) is 0 Å². The molecule has 1 aromatic carbocycles. The van der Waals surface area contributed by atoms with E-state index in [2.05, 4.69) is 24.1 Å². The fourth-order valence-electron chi connectivity index (χ4n) is 2.32. The smallest absolute Gasteiger partial charge is 0.146 e. The Balaban J connectivity index is 2.11. The van der Waals surface area contributed by atoms with Crippen molar-refractivity contribution in [1.82, 2.24) is 5.32 Å². The molecule has 0 aromatic heterocycles. The predicted molar refractivity (Wildman–Crippen MR) is 74.1 cm³/mol. The first-order valence-electron chi connectivity index (χ1n) is 6.44. The zero-order valence-corrected chi connectivity index (χ0v) is 11.1. The summed E-state index contributed by atoms with van der Waals surface area (Å²) in [5.74, 6) is -0.214. The van der Waals surface area contributed by atoms with Gasteiger partial charge in [-0.05, 0) is 50.6 Å². The molecule has 0 bridgehead atoms. The molecule has 1 fully saturated rings. The molecule has 1 heterocycles. The summed E-state index contributed by atoms with van der Waals surface area (Å²) in [5.41, 5.74) is 2.40. The van der Waals surface area contributed by atoms with E-state index in [0.29, 0.717) is 5.69 Å². The highest BCUT2D eigenvalue weighted by Crippen LogP contribution is 2.36. The molecule has 0 aliphatic carbocycles. The lowest BCUT2D eigenvalue weighted by atomic mass is 9.78. The molecule has 98 valence electrons. The van der Waals surface area contributed by atoms with Gasteiger partial charge in [0, 0.05) is 11.1 Å². The lowest BCUT2D eigenvalue weighted by Gasteiger charge is -2.36. The van der Waals surface area contributed by atoms with E-state index in [9.17, 15) is 4.39 Å². The molecule has 0 radical (unpaired) electrons. The largest absolute Gasteiger partial charge is 0.357 e. The second-order valence-corrected chi connectivity index (χ2v) is 5.40. The molecule has 18 heavy (non-hydrogen) atoms. The van der Waals surface area contributed by atoms with Crippen LogP contribution in [-0.4, -0.2) is 13.1 Å². The monoisotopic (exact) mass is 248 g/mol. The maximum atomic E-state index is 13.8. The van der Waals surface area contributed by atoms with Crippen molar-refractivity contribution in [1.29, 1.82) is 0 Å². The van der Waals surface area contributed by atoms with Crippen LogP contribution in [0.1, 0.15) is 25.3 Å². The number of anilines is 1. The number of benzene rings is 1. The van der Waals surface area contributed by atoms with E-state index in [-0.39, 0.29) is 11.2 Å². The Hall–Kier alpha value is -1.35. The van der Waals surface area contributed by atoms with E-state index >= 15 is 0 Å². The minimum atomic E-state index is -0.214. The molecule has 1 aliphatic rings. The van der Waals surface area contributed by atoms with Crippen LogP contribution in [0, 0.1) is 18.2 Å². The van der Waals surface area contributed by atoms with E-state index in [0.717, 1.165) is 37.2 Å². The Morgan fingerprint density at radius 2 is 2.06 bits per heavy atom. The van der Waals surface area contributed by atoms with E-state index in [4.69, 9.17) is 0 Å². The maximum Gasteiger partial charge on any atom is 0.146 e. The molecule has 3 heteroatoms. The summed E-state index contributed by atoms with van der Waals surface area (Å²) in [5, 5.41) is 6.48.